The number of nitrogens with zero attached hydrogens (tertiary/aromatic N) is 2. The van der Waals surface area contributed by atoms with Gasteiger partial charge in [0.15, 0.2) is 0 Å². The van der Waals surface area contributed by atoms with E-state index in [2.05, 4.69) is 5.32 Å². The number of aliphatic carboxylic acids is 1. The number of ether oxygens (including phenoxy) is 1. The lowest BCUT2D eigenvalue weighted by molar-refractivity contribution is -0.139. The lowest BCUT2D eigenvalue weighted by Gasteiger charge is -2.46. The van der Waals surface area contributed by atoms with E-state index in [0.717, 1.165) is 71.4 Å². The molecule has 3 rings (SSSR count). The summed E-state index contributed by atoms with van der Waals surface area (Å²) in [5, 5.41) is 12.1. The molecule has 2 heterocycles. The molecule has 0 aromatic rings. The van der Waals surface area contributed by atoms with E-state index in [0.29, 0.717) is 5.41 Å². The highest BCUT2D eigenvalue weighted by atomic mass is 16.5. The second-order valence-corrected chi connectivity index (χ2v) is 7.83. The Morgan fingerprint density at radius 2 is 1.84 bits per heavy atom. The molecule has 0 aromatic heterocycles. The highest BCUT2D eigenvalue weighted by Crippen LogP contribution is 2.40. The molecule has 0 atom stereocenters. The zero-order valence-corrected chi connectivity index (χ0v) is 15.2. The molecule has 3 fully saturated rings. The van der Waals surface area contributed by atoms with Gasteiger partial charge in [-0.1, -0.05) is 6.92 Å². The van der Waals surface area contributed by atoms with Gasteiger partial charge in [-0.25, -0.2) is 4.79 Å². The number of piperidine rings is 1. The normalized spacial score (nSPS) is 28.6. The first kappa shape index (κ1) is 18.5. The van der Waals surface area contributed by atoms with E-state index in [1.807, 2.05) is 16.7 Å². The van der Waals surface area contributed by atoms with Gasteiger partial charge in [0, 0.05) is 38.4 Å². The first-order valence-corrected chi connectivity index (χ1v) is 9.60. The third kappa shape index (κ3) is 4.44. The molecule has 1 spiro atoms. The van der Waals surface area contributed by atoms with Crippen LogP contribution in [0.4, 0.5) is 4.79 Å². The molecule has 7 heteroatoms. The maximum atomic E-state index is 12.5. The van der Waals surface area contributed by atoms with Crippen LogP contribution in [0.1, 0.15) is 45.4 Å². The smallest absolute Gasteiger partial charge is 0.317 e. The summed E-state index contributed by atoms with van der Waals surface area (Å²) in [5.41, 5.74) is 0.398. The van der Waals surface area contributed by atoms with Crippen LogP contribution in [-0.4, -0.2) is 78.4 Å². The van der Waals surface area contributed by atoms with E-state index >= 15 is 0 Å². The zero-order chi connectivity index (χ0) is 17.9. The minimum Gasteiger partial charge on any atom is -0.480 e. The number of carbonyl (C=O) groups excluding carboxylic acids is 1. The number of carboxylic acids is 1. The van der Waals surface area contributed by atoms with Crippen molar-refractivity contribution >= 4 is 12.0 Å². The molecular formula is C18H31N3O4. The maximum absolute atomic E-state index is 12.5. The van der Waals surface area contributed by atoms with Crippen LogP contribution in [0.25, 0.3) is 0 Å². The monoisotopic (exact) mass is 353 g/mol. The van der Waals surface area contributed by atoms with Gasteiger partial charge in [0.25, 0.3) is 0 Å². The molecule has 0 unspecified atom stereocenters. The molecule has 0 bridgehead atoms. The summed E-state index contributed by atoms with van der Waals surface area (Å²) < 4.78 is 5.48. The zero-order valence-electron chi connectivity index (χ0n) is 15.2. The summed E-state index contributed by atoms with van der Waals surface area (Å²) in [7, 11) is 0. The van der Waals surface area contributed by atoms with Crippen LogP contribution in [0.5, 0.6) is 0 Å². The van der Waals surface area contributed by atoms with Crippen molar-refractivity contribution < 1.29 is 19.4 Å². The van der Waals surface area contributed by atoms with Crippen molar-refractivity contribution in [2.45, 2.75) is 57.5 Å². The molecule has 0 aromatic carbocycles. The van der Waals surface area contributed by atoms with Gasteiger partial charge in [-0.15, -0.1) is 0 Å². The molecule has 2 saturated heterocycles. The van der Waals surface area contributed by atoms with Crippen LogP contribution in [-0.2, 0) is 9.53 Å². The summed E-state index contributed by atoms with van der Waals surface area (Å²) >= 11 is 0. The number of likely N-dealkylation sites (N-methyl/N-ethyl adjacent to an activating group) is 1. The topological polar surface area (TPSA) is 82.1 Å². The Morgan fingerprint density at radius 1 is 1.20 bits per heavy atom. The summed E-state index contributed by atoms with van der Waals surface area (Å²) in [6, 6.07) is 0.504. The quantitative estimate of drug-likeness (QED) is 0.783. The van der Waals surface area contributed by atoms with Crippen LogP contribution in [0.15, 0.2) is 0 Å². The van der Waals surface area contributed by atoms with Crippen LogP contribution in [0.3, 0.4) is 0 Å². The first-order chi connectivity index (χ1) is 12.0. The van der Waals surface area contributed by atoms with Crippen LogP contribution >= 0.6 is 0 Å². The number of urea groups is 1. The second-order valence-electron chi connectivity index (χ2n) is 7.83. The number of likely N-dealkylation sites (tertiary alicyclic amines) is 1. The highest BCUT2D eigenvalue weighted by molar-refractivity contribution is 5.74. The van der Waals surface area contributed by atoms with Crippen molar-refractivity contribution in [2.24, 2.45) is 5.41 Å². The number of carboxylic acid groups (broad SMARTS) is 1. The summed E-state index contributed by atoms with van der Waals surface area (Å²) in [6.07, 6.45) is 6.12. The number of hydrogen-bond donors (Lipinski definition) is 2. The van der Waals surface area contributed by atoms with Crippen molar-refractivity contribution in [3.8, 4) is 0 Å². The SMILES string of the molecule is CCN(CC(=O)O)C1CC(NC(=O)N2CCC3(CCOCC3)CC2)C1. The summed E-state index contributed by atoms with van der Waals surface area (Å²) in [5.74, 6) is -0.787. The van der Waals surface area contributed by atoms with E-state index in [1.165, 1.54) is 0 Å². The lowest BCUT2D eigenvalue weighted by atomic mass is 9.72. The van der Waals surface area contributed by atoms with Crippen molar-refractivity contribution in [3.63, 3.8) is 0 Å². The van der Waals surface area contributed by atoms with Gasteiger partial charge in [0.05, 0.1) is 6.54 Å². The van der Waals surface area contributed by atoms with E-state index in [1.54, 1.807) is 0 Å². The Morgan fingerprint density at radius 3 is 2.40 bits per heavy atom. The molecule has 1 saturated carbocycles. The van der Waals surface area contributed by atoms with Crippen LogP contribution < -0.4 is 5.32 Å². The lowest BCUT2D eigenvalue weighted by Crippen LogP contribution is -2.58. The van der Waals surface area contributed by atoms with E-state index in [4.69, 9.17) is 9.84 Å². The average Bonchev–Trinajstić information content (AvgIpc) is 2.57. The molecule has 1 aliphatic carbocycles. The molecule has 2 N–H and O–H groups in total. The van der Waals surface area contributed by atoms with Crippen LogP contribution in [0.2, 0.25) is 0 Å². The molecule has 7 nitrogen and oxygen atoms in total. The van der Waals surface area contributed by atoms with E-state index < -0.39 is 5.97 Å². The standard InChI is InChI=1S/C18H31N3O4/c1-2-20(13-16(22)23)15-11-14(12-15)19-17(24)21-7-3-18(4-8-21)5-9-25-10-6-18/h14-15H,2-13H2,1H3,(H,19,24)(H,22,23). The highest BCUT2D eigenvalue weighted by Gasteiger charge is 2.39. The molecule has 2 amide bonds. The first-order valence-electron chi connectivity index (χ1n) is 9.60. The number of nitrogens with one attached hydrogen (secondary N) is 1. The van der Waals surface area contributed by atoms with Gasteiger partial charge in [-0.05, 0) is 50.5 Å². The Hall–Kier alpha value is -1.34. The molecule has 25 heavy (non-hydrogen) atoms. The predicted octanol–water partition coefficient (Wildman–Crippen LogP) is 1.53. The average molecular weight is 353 g/mol. The third-order valence-corrected chi connectivity index (χ3v) is 6.37. The van der Waals surface area contributed by atoms with E-state index in [9.17, 15) is 9.59 Å². The summed E-state index contributed by atoms with van der Waals surface area (Å²) in [6.45, 7) is 6.19. The molecular weight excluding hydrogens is 322 g/mol. The second kappa shape index (κ2) is 7.91. The van der Waals surface area contributed by atoms with Crippen molar-refractivity contribution in [2.75, 3.05) is 39.4 Å². The minimum atomic E-state index is -0.787. The fraction of sp³-hybridized carbons (Fsp3) is 0.889. The van der Waals surface area contributed by atoms with Gasteiger partial charge in [-0.3, -0.25) is 9.69 Å². The van der Waals surface area contributed by atoms with Gasteiger partial charge in [-0.2, -0.15) is 0 Å². The Labute approximate surface area is 149 Å². The van der Waals surface area contributed by atoms with Crippen molar-refractivity contribution in [1.29, 1.82) is 0 Å². The predicted molar refractivity (Wildman–Crippen MR) is 93.5 cm³/mol. The Kier molecular flexibility index (Phi) is 5.84. The Bertz CT molecular complexity index is 477. The van der Waals surface area contributed by atoms with Gasteiger partial charge >= 0.3 is 12.0 Å². The Balaban J connectivity index is 1.39. The van der Waals surface area contributed by atoms with Crippen molar-refractivity contribution in [1.82, 2.24) is 15.1 Å². The number of carbonyl (C=O) groups is 2. The number of hydrogen-bond acceptors (Lipinski definition) is 4. The van der Waals surface area contributed by atoms with Crippen LogP contribution in [0, 0.1) is 5.41 Å². The number of amides is 2. The van der Waals surface area contributed by atoms with Gasteiger partial charge in [0.2, 0.25) is 0 Å². The molecule has 142 valence electrons. The van der Waals surface area contributed by atoms with E-state index in [-0.39, 0.29) is 24.7 Å². The molecule has 2 aliphatic heterocycles. The van der Waals surface area contributed by atoms with Crippen molar-refractivity contribution in [3.05, 3.63) is 0 Å². The minimum absolute atomic E-state index is 0.0478. The maximum Gasteiger partial charge on any atom is 0.317 e. The molecule has 3 aliphatic rings. The number of rotatable bonds is 5. The van der Waals surface area contributed by atoms with Gasteiger partial charge < -0.3 is 20.1 Å². The third-order valence-electron chi connectivity index (χ3n) is 6.37. The summed E-state index contributed by atoms with van der Waals surface area (Å²) in [4.78, 5) is 27.3. The fourth-order valence-electron chi connectivity index (χ4n) is 4.43. The fourth-order valence-corrected chi connectivity index (χ4v) is 4.43. The largest absolute Gasteiger partial charge is 0.480 e. The van der Waals surface area contributed by atoms with Gasteiger partial charge in [0.1, 0.15) is 0 Å². The molecule has 0 radical (unpaired) electrons.